The van der Waals surface area contributed by atoms with Crippen LogP contribution in [0, 0.1) is 0 Å². The predicted octanol–water partition coefficient (Wildman–Crippen LogP) is 8.25. The van der Waals surface area contributed by atoms with Gasteiger partial charge in [-0.3, -0.25) is 4.79 Å². The molecule has 0 amide bonds. The van der Waals surface area contributed by atoms with Gasteiger partial charge in [-0.2, -0.15) is 0 Å². The van der Waals surface area contributed by atoms with E-state index >= 15 is 0 Å². The summed E-state index contributed by atoms with van der Waals surface area (Å²) in [6.07, 6.45) is 24.7. The maximum atomic E-state index is 11.6. The number of carbonyl (C=O) groups excluding carboxylic acids is 1. The number of allylic oxidation sites excluding steroid dienone is 2. The Morgan fingerprint density at radius 2 is 0.971 bits per heavy atom. The van der Waals surface area contributed by atoms with Crippen LogP contribution in [0.15, 0.2) is 45.3 Å². The van der Waals surface area contributed by atoms with Gasteiger partial charge in [0.05, 0.1) is 0 Å². The Morgan fingerprint density at radius 3 is 1.26 bits per heavy atom. The van der Waals surface area contributed by atoms with Crippen LogP contribution >= 0.6 is 0 Å². The van der Waals surface area contributed by atoms with Crippen molar-refractivity contribution in [3.05, 3.63) is 59.5 Å². The molecule has 0 aliphatic carbocycles. The first-order chi connectivity index (χ1) is 17.1. The molecule has 5 nitrogen and oxygen atoms in total. The smallest absolute Gasteiger partial charge is 0.178 e. The Bertz CT molecular complexity index is 761. The molecule has 0 bridgehead atoms. The largest absolute Gasteiger partial charge is 0.459 e. The van der Waals surface area contributed by atoms with E-state index < -0.39 is 0 Å². The summed E-state index contributed by atoms with van der Waals surface area (Å²) in [5.74, 6) is 1.65. The van der Waals surface area contributed by atoms with Gasteiger partial charge in [0.2, 0.25) is 0 Å². The van der Waals surface area contributed by atoms with Crippen LogP contribution in [0.5, 0.6) is 0 Å². The van der Waals surface area contributed by atoms with Crippen molar-refractivity contribution in [2.45, 2.75) is 111 Å². The molecule has 2 aromatic heterocycles. The quantitative estimate of drug-likeness (QED) is 0.164. The van der Waals surface area contributed by atoms with Crippen molar-refractivity contribution in [2.24, 2.45) is 0 Å². The molecule has 0 unspecified atom stereocenters. The number of aliphatic hydroxyl groups is 2. The highest BCUT2D eigenvalue weighted by Crippen LogP contribution is 2.13. The van der Waals surface area contributed by atoms with Crippen molar-refractivity contribution >= 4 is 17.9 Å². The van der Waals surface area contributed by atoms with Gasteiger partial charge in [0.1, 0.15) is 36.3 Å². The lowest BCUT2D eigenvalue weighted by Crippen LogP contribution is -1.84. The fraction of sp³-hybridized carbons (Fsp3) is 0.567. The highest BCUT2D eigenvalue weighted by atomic mass is 16.4. The molecular weight excluding hydrogens is 440 g/mol. The van der Waals surface area contributed by atoms with Crippen molar-refractivity contribution in [3.8, 4) is 0 Å². The number of carbonyl (C=O) groups is 1. The third-order valence-corrected chi connectivity index (χ3v) is 5.71. The maximum Gasteiger partial charge on any atom is 0.178 e. The summed E-state index contributed by atoms with van der Waals surface area (Å²) in [6.45, 7) is 4.23. The molecular formula is C30H46O5. The predicted molar refractivity (Wildman–Crippen MR) is 144 cm³/mol. The Balaban J connectivity index is 0.000000367. The molecule has 2 aromatic rings. The van der Waals surface area contributed by atoms with Crippen LogP contribution in [-0.4, -0.2) is 16.0 Å². The van der Waals surface area contributed by atoms with Gasteiger partial charge in [-0.1, -0.05) is 97.3 Å². The van der Waals surface area contributed by atoms with Gasteiger partial charge < -0.3 is 19.0 Å². The monoisotopic (exact) mass is 486 g/mol. The van der Waals surface area contributed by atoms with Gasteiger partial charge in [0.15, 0.2) is 5.78 Å². The average molecular weight is 487 g/mol. The van der Waals surface area contributed by atoms with Crippen LogP contribution in [0.3, 0.4) is 0 Å². The molecule has 5 heteroatoms. The maximum absolute atomic E-state index is 11.6. The van der Waals surface area contributed by atoms with Crippen LogP contribution in [0.4, 0.5) is 0 Å². The minimum absolute atomic E-state index is 0.173. The molecule has 0 fully saturated rings. The summed E-state index contributed by atoms with van der Waals surface area (Å²) in [6, 6.07) is 6.61. The van der Waals surface area contributed by atoms with Gasteiger partial charge in [-0.25, -0.2) is 0 Å². The lowest BCUT2D eigenvalue weighted by molar-refractivity contribution is -0.110. The number of hydrogen-bond acceptors (Lipinski definition) is 5. The van der Waals surface area contributed by atoms with Gasteiger partial charge in [0.25, 0.3) is 0 Å². The highest BCUT2D eigenvalue weighted by molar-refractivity contribution is 6.04. The second-order valence-corrected chi connectivity index (χ2v) is 8.88. The number of rotatable bonds is 18. The fourth-order valence-corrected chi connectivity index (χ4v) is 3.61. The molecule has 0 aliphatic heterocycles. The molecule has 0 spiro atoms. The number of hydrogen-bond donors (Lipinski definition) is 2. The summed E-state index contributed by atoms with van der Waals surface area (Å²) >= 11 is 0. The van der Waals surface area contributed by atoms with Crippen molar-refractivity contribution < 1.29 is 23.8 Å². The standard InChI is InChI=1S/C15H14O5.C15H32/c16-9-14-7-5-12(19-14)3-1-11(18)2-4-13-6-8-15(10-17)20-13;1-3-5-7-9-11-13-15-14-12-10-8-6-4-2/h1-8,16-17H,9-10H2;3-15H2,1-2H3/b3-1+,4-2+;. The normalized spacial score (nSPS) is 11.3. The SMILES string of the molecule is CCCCCCCCCCCCCCC.O=C(/C=C/c1ccc(CO)o1)/C=C/c1ccc(CO)o1. The lowest BCUT2D eigenvalue weighted by atomic mass is 10.1. The number of furan rings is 2. The molecule has 0 aromatic carbocycles. The number of aliphatic hydroxyl groups excluding tert-OH is 2. The van der Waals surface area contributed by atoms with E-state index in [9.17, 15) is 4.79 Å². The Kier molecular flexibility index (Phi) is 18.4. The van der Waals surface area contributed by atoms with Crippen LogP contribution in [-0.2, 0) is 18.0 Å². The molecule has 196 valence electrons. The third-order valence-electron chi connectivity index (χ3n) is 5.71. The first-order valence-corrected chi connectivity index (χ1v) is 13.4. The Labute approximate surface area is 211 Å². The molecule has 35 heavy (non-hydrogen) atoms. The second-order valence-electron chi connectivity index (χ2n) is 8.88. The van der Waals surface area contributed by atoms with E-state index in [2.05, 4.69) is 13.8 Å². The summed E-state index contributed by atoms with van der Waals surface area (Å²) in [5.41, 5.74) is 0. The van der Waals surface area contributed by atoms with Gasteiger partial charge in [0, 0.05) is 0 Å². The molecule has 2 rings (SSSR count). The number of ketones is 1. The third kappa shape index (κ3) is 16.0. The van der Waals surface area contributed by atoms with Crippen molar-refractivity contribution in [1.82, 2.24) is 0 Å². The van der Waals surface area contributed by atoms with Crippen LogP contribution in [0.25, 0.3) is 12.2 Å². The van der Waals surface area contributed by atoms with Crippen molar-refractivity contribution in [2.75, 3.05) is 0 Å². The van der Waals surface area contributed by atoms with Gasteiger partial charge in [-0.15, -0.1) is 0 Å². The number of unbranched alkanes of at least 4 members (excludes halogenated alkanes) is 12. The molecule has 0 atom stereocenters. The molecule has 2 N–H and O–H groups in total. The van der Waals surface area contributed by atoms with E-state index in [1.54, 1.807) is 24.3 Å². The van der Waals surface area contributed by atoms with Crippen LogP contribution in [0.1, 0.15) is 120 Å². The minimum atomic E-state index is -0.228. The molecule has 0 aliphatic rings. The Hall–Kier alpha value is -2.37. The van der Waals surface area contributed by atoms with Crippen molar-refractivity contribution in [1.29, 1.82) is 0 Å². The second kappa shape index (κ2) is 21.0. The summed E-state index contributed by atoms with van der Waals surface area (Å²) in [4.78, 5) is 11.6. The van der Waals surface area contributed by atoms with Crippen LogP contribution in [0.2, 0.25) is 0 Å². The molecule has 0 saturated carbocycles. The average Bonchev–Trinajstić information content (AvgIpc) is 3.54. The van der Waals surface area contributed by atoms with Gasteiger partial charge in [-0.05, 0) is 48.6 Å². The highest BCUT2D eigenvalue weighted by Gasteiger charge is 1.99. The van der Waals surface area contributed by atoms with Crippen molar-refractivity contribution in [3.63, 3.8) is 0 Å². The molecule has 0 radical (unpaired) electrons. The first-order valence-electron chi connectivity index (χ1n) is 13.4. The summed E-state index contributed by atoms with van der Waals surface area (Å²) < 4.78 is 10.4. The molecule has 2 heterocycles. The first kappa shape index (κ1) is 30.7. The lowest BCUT2D eigenvalue weighted by Gasteiger charge is -2.01. The van der Waals surface area contributed by atoms with Crippen LogP contribution < -0.4 is 0 Å². The van der Waals surface area contributed by atoms with E-state index in [0.29, 0.717) is 23.0 Å². The summed E-state index contributed by atoms with van der Waals surface area (Å²) in [7, 11) is 0. The Morgan fingerprint density at radius 1 is 0.629 bits per heavy atom. The molecule has 0 saturated heterocycles. The summed E-state index contributed by atoms with van der Waals surface area (Å²) in [5, 5.41) is 17.7. The van der Waals surface area contributed by atoms with Gasteiger partial charge >= 0.3 is 0 Å². The zero-order valence-electron chi connectivity index (χ0n) is 21.8. The van der Waals surface area contributed by atoms with E-state index in [-0.39, 0.29) is 19.0 Å². The van der Waals surface area contributed by atoms with E-state index in [1.165, 1.54) is 108 Å². The zero-order chi connectivity index (χ0) is 25.6. The van der Waals surface area contributed by atoms with E-state index in [4.69, 9.17) is 19.0 Å². The minimum Gasteiger partial charge on any atom is -0.459 e. The van der Waals surface area contributed by atoms with E-state index in [0.717, 1.165) is 0 Å². The topological polar surface area (TPSA) is 83.8 Å². The zero-order valence-corrected chi connectivity index (χ0v) is 21.8. The fourth-order valence-electron chi connectivity index (χ4n) is 3.61. The van der Waals surface area contributed by atoms with E-state index in [1.807, 2.05) is 0 Å².